The van der Waals surface area contributed by atoms with E-state index in [1.807, 2.05) is 12.1 Å². The van der Waals surface area contributed by atoms with E-state index < -0.39 is 5.97 Å². The van der Waals surface area contributed by atoms with Crippen molar-refractivity contribution in [2.45, 2.75) is 39.2 Å². The fourth-order valence-electron chi connectivity index (χ4n) is 1.76. The summed E-state index contributed by atoms with van der Waals surface area (Å²) in [7, 11) is 0. The summed E-state index contributed by atoms with van der Waals surface area (Å²) in [4.78, 5) is 12.6. The third-order valence-corrected chi connectivity index (χ3v) is 2.77. The van der Waals surface area contributed by atoms with Crippen molar-refractivity contribution in [3.05, 3.63) is 24.2 Å². The number of hydrogen-bond acceptors (Lipinski definition) is 3. The Bertz CT molecular complexity index is 308. The summed E-state index contributed by atoms with van der Waals surface area (Å²) >= 11 is 0. The summed E-state index contributed by atoms with van der Waals surface area (Å²) in [6.07, 6.45) is 4.76. The number of hydrogen-bond donors (Lipinski definition) is 1. The van der Waals surface area contributed by atoms with E-state index >= 15 is 0 Å². The molecule has 0 spiro atoms. The fourth-order valence-corrected chi connectivity index (χ4v) is 1.76. The molecule has 0 unspecified atom stereocenters. The molecule has 0 aliphatic rings. The van der Waals surface area contributed by atoms with E-state index in [9.17, 15) is 4.79 Å². The molecule has 1 aromatic rings. The van der Waals surface area contributed by atoms with Crippen LogP contribution in [0.15, 0.2) is 22.8 Å². The Kier molecular flexibility index (Phi) is 6.40. The quantitative estimate of drug-likeness (QED) is 0.673. The Labute approximate surface area is 102 Å². The Hall–Kier alpha value is -1.29. The molecule has 0 amide bonds. The molecule has 0 atom stereocenters. The standard InChI is InChI=1S/C13H21NO3/c1-2-14(11-12-7-6-10-17-12)9-5-3-4-8-13(15)16/h6-7,10H,2-5,8-9,11H2,1H3,(H,15,16). The number of aliphatic carboxylic acids is 1. The molecule has 0 aliphatic carbocycles. The minimum absolute atomic E-state index is 0.282. The maximum atomic E-state index is 10.3. The van der Waals surface area contributed by atoms with E-state index in [0.29, 0.717) is 0 Å². The lowest BCUT2D eigenvalue weighted by Gasteiger charge is -2.18. The molecule has 0 saturated heterocycles. The second-order valence-corrected chi connectivity index (χ2v) is 4.15. The van der Waals surface area contributed by atoms with Crippen molar-refractivity contribution in [2.24, 2.45) is 0 Å². The van der Waals surface area contributed by atoms with Crippen LogP contribution in [0.25, 0.3) is 0 Å². The predicted octanol–water partition coefficient (Wildman–Crippen LogP) is 2.75. The second kappa shape index (κ2) is 7.90. The van der Waals surface area contributed by atoms with Gasteiger partial charge in [0, 0.05) is 6.42 Å². The van der Waals surface area contributed by atoms with Gasteiger partial charge in [-0.3, -0.25) is 9.69 Å². The van der Waals surface area contributed by atoms with Gasteiger partial charge in [0.15, 0.2) is 0 Å². The van der Waals surface area contributed by atoms with Crippen LogP contribution in [0.2, 0.25) is 0 Å². The van der Waals surface area contributed by atoms with Gasteiger partial charge in [0.1, 0.15) is 5.76 Å². The van der Waals surface area contributed by atoms with Gasteiger partial charge in [-0.2, -0.15) is 0 Å². The Balaban J connectivity index is 2.12. The van der Waals surface area contributed by atoms with Crippen LogP contribution in [-0.2, 0) is 11.3 Å². The van der Waals surface area contributed by atoms with Crippen LogP contribution in [0.4, 0.5) is 0 Å². The molecule has 4 nitrogen and oxygen atoms in total. The van der Waals surface area contributed by atoms with Crippen molar-refractivity contribution in [3.63, 3.8) is 0 Å². The first-order chi connectivity index (χ1) is 8.22. The largest absolute Gasteiger partial charge is 0.481 e. The average Bonchev–Trinajstić information content (AvgIpc) is 2.79. The van der Waals surface area contributed by atoms with Crippen molar-refractivity contribution in [3.8, 4) is 0 Å². The lowest BCUT2D eigenvalue weighted by atomic mass is 10.2. The van der Waals surface area contributed by atoms with Crippen LogP contribution >= 0.6 is 0 Å². The molecule has 0 aliphatic heterocycles. The normalized spacial score (nSPS) is 10.9. The van der Waals surface area contributed by atoms with Crippen LogP contribution in [0.3, 0.4) is 0 Å². The molecular formula is C13H21NO3. The Morgan fingerprint density at radius 3 is 2.82 bits per heavy atom. The molecule has 96 valence electrons. The molecule has 0 aromatic carbocycles. The molecule has 1 N–H and O–H groups in total. The Morgan fingerprint density at radius 2 is 2.24 bits per heavy atom. The number of rotatable bonds is 9. The van der Waals surface area contributed by atoms with Gasteiger partial charge in [-0.15, -0.1) is 0 Å². The monoisotopic (exact) mass is 239 g/mol. The minimum atomic E-state index is -0.701. The molecule has 0 saturated carbocycles. The van der Waals surface area contributed by atoms with Crippen LogP contribution in [0.1, 0.15) is 38.4 Å². The van der Waals surface area contributed by atoms with Crippen molar-refractivity contribution in [1.29, 1.82) is 0 Å². The summed E-state index contributed by atoms with van der Waals surface area (Å²) in [6.45, 7) is 4.94. The number of carbonyl (C=O) groups is 1. The highest BCUT2D eigenvalue weighted by Crippen LogP contribution is 2.07. The first-order valence-electron chi connectivity index (χ1n) is 6.19. The van der Waals surface area contributed by atoms with Gasteiger partial charge in [-0.25, -0.2) is 0 Å². The van der Waals surface area contributed by atoms with E-state index in [1.165, 1.54) is 0 Å². The maximum absolute atomic E-state index is 10.3. The smallest absolute Gasteiger partial charge is 0.303 e. The van der Waals surface area contributed by atoms with E-state index in [2.05, 4.69) is 11.8 Å². The molecule has 0 bridgehead atoms. The van der Waals surface area contributed by atoms with E-state index in [4.69, 9.17) is 9.52 Å². The Morgan fingerprint density at radius 1 is 1.41 bits per heavy atom. The van der Waals surface area contributed by atoms with E-state index in [-0.39, 0.29) is 6.42 Å². The lowest BCUT2D eigenvalue weighted by molar-refractivity contribution is -0.137. The molecule has 1 heterocycles. The van der Waals surface area contributed by atoms with Gasteiger partial charge < -0.3 is 9.52 Å². The zero-order valence-electron chi connectivity index (χ0n) is 10.4. The SMILES string of the molecule is CCN(CCCCCC(=O)O)Cc1ccco1. The summed E-state index contributed by atoms with van der Waals surface area (Å²) in [5.41, 5.74) is 0. The highest BCUT2D eigenvalue weighted by atomic mass is 16.4. The van der Waals surface area contributed by atoms with Crippen LogP contribution in [-0.4, -0.2) is 29.1 Å². The second-order valence-electron chi connectivity index (χ2n) is 4.15. The van der Waals surface area contributed by atoms with Crippen molar-refractivity contribution in [2.75, 3.05) is 13.1 Å². The number of nitrogens with zero attached hydrogens (tertiary/aromatic N) is 1. The third kappa shape index (κ3) is 6.12. The molecule has 0 radical (unpaired) electrons. The highest BCUT2D eigenvalue weighted by molar-refractivity contribution is 5.66. The number of carboxylic acid groups (broad SMARTS) is 1. The summed E-state index contributed by atoms with van der Waals surface area (Å²) in [5.74, 6) is 0.283. The number of carboxylic acids is 1. The highest BCUT2D eigenvalue weighted by Gasteiger charge is 2.05. The average molecular weight is 239 g/mol. The molecule has 1 rings (SSSR count). The molecular weight excluding hydrogens is 218 g/mol. The molecule has 0 fully saturated rings. The summed E-state index contributed by atoms with van der Waals surface area (Å²) in [5, 5.41) is 8.52. The van der Waals surface area contributed by atoms with Crippen molar-refractivity contribution < 1.29 is 14.3 Å². The summed E-state index contributed by atoms with van der Waals surface area (Å²) < 4.78 is 5.31. The van der Waals surface area contributed by atoms with Crippen LogP contribution in [0, 0.1) is 0 Å². The van der Waals surface area contributed by atoms with Gasteiger partial charge in [0.05, 0.1) is 12.8 Å². The van der Waals surface area contributed by atoms with Crippen molar-refractivity contribution >= 4 is 5.97 Å². The topological polar surface area (TPSA) is 53.7 Å². The van der Waals surface area contributed by atoms with Crippen LogP contribution in [0.5, 0.6) is 0 Å². The molecule has 1 aromatic heterocycles. The zero-order chi connectivity index (χ0) is 12.5. The maximum Gasteiger partial charge on any atom is 0.303 e. The molecule has 17 heavy (non-hydrogen) atoms. The number of furan rings is 1. The van der Waals surface area contributed by atoms with Crippen molar-refractivity contribution in [1.82, 2.24) is 4.90 Å². The molecule has 4 heteroatoms. The van der Waals surface area contributed by atoms with Gasteiger partial charge in [0.25, 0.3) is 0 Å². The van der Waals surface area contributed by atoms with Gasteiger partial charge >= 0.3 is 5.97 Å². The number of unbranched alkanes of at least 4 members (excludes halogenated alkanes) is 2. The minimum Gasteiger partial charge on any atom is -0.481 e. The van der Waals surface area contributed by atoms with E-state index in [0.717, 1.165) is 44.7 Å². The lowest BCUT2D eigenvalue weighted by Crippen LogP contribution is -2.23. The zero-order valence-corrected chi connectivity index (χ0v) is 10.4. The van der Waals surface area contributed by atoms with Gasteiger partial charge in [-0.1, -0.05) is 13.3 Å². The summed E-state index contributed by atoms with van der Waals surface area (Å²) in [6, 6.07) is 3.88. The third-order valence-electron chi connectivity index (χ3n) is 2.77. The van der Waals surface area contributed by atoms with Gasteiger partial charge in [0.2, 0.25) is 0 Å². The predicted molar refractivity (Wildman–Crippen MR) is 65.8 cm³/mol. The van der Waals surface area contributed by atoms with E-state index in [1.54, 1.807) is 6.26 Å². The fraction of sp³-hybridized carbons (Fsp3) is 0.615. The van der Waals surface area contributed by atoms with Crippen LogP contribution < -0.4 is 0 Å². The van der Waals surface area contributed by atoms with Gasteiger partial charge in [-0.05, 0) is 38.1 Å². The first-order valence-corrected chi connectivity index (χ1v) is 6.19. The first kappa shape index (κ1) is 13.8.